The first kappa shape index (κ1) is 16.3. The van der Waals surface area contributed by atoms with Gasteiger partial charge in [-0.1, -0.05) is 25.0 Å². The third-order valence-electron chi connectivity index (χ3n) is 4.23. The van der Waals surface area contributed by atoms with Crippen molar-refractivity contribution in [2.45, 2.75) is 64.7 Å². The number of ether oxygens (including phenoxy) is 1. The van der Waals surface area contributed by atoms with Crippen molar-refractivity contribution in [3.05, 3.63) is 29.8 Å². The summed E-state index contributed by atoms with van der Waals surface area (Å²) in [4.78, 5) is 2.43. The standard InChI is InChI=1S/C18H29NO2/c1-14(2)21-17-10-8-16(9-11-17)18(20)13-19-12-6-4-5-7-15(19)3/h8-11,14-15,18,20H,4-7,12-13H2,1-3H3. The van der Waals surface area contributed by atoms with E-state index in [2.05, 4.69) is 11.8 Å². The Morgan fingerprint density at radius 1 is 1.19 bits per heavy atom. The SMILES string of the molecule is CC(C)Oc1ccc(C(O)CN2CCCCCC2C)cc1. The molecule has 1 aromatic rings. The molecule has 0 saturated carbocycles. The fourth-order valence-corrected chi connectivity index (χ4v) is 2.97. The van der Waals surface area contributed by atoms with Crippen LogP contribution in [0.15, 0.2) is 24.3 Å². The van der Waals surface area contributed by atoms with Gasteiger partial charge in [0, 0.05) is 12.6 Å². The van der Waals surface area contributed by atoms with Gasteiger partial charge in [-0.05, 0) is 57.9 Å². The van der Waals surface area contributed by atoms with E-state index < -0.39 is 6.10 Å². The van der Waals surface area contributed by atoms with E-state index in [-0.39, 0.29) is 6.10 Å². The van der Waals surface area contributed by atoms with E-state index in [0.717, 1.165) is 24.4 Å². The van der Waals surface area contributed by atoms with Gasteiger partial charge < -0.3 is 9.84 Å². The van der Waals surface area contributed by atoms with Gasteiger partial charge in [0.05, 0.1) is 12.2 Å². The van der Waals surface area contributed by atoms with Crippen LogP contribution in [0.4, 0.5) is 0 Å². The van der Waals surface area contributed by atoms with Gasteiger partial charge in [-0.3, -0.25) is 4.90 Å². The average molecular weight is 291 g/mol. The fourth-order valence-electron chi connectivity index (χ4n) is 2.97. The molecule has 2 rings (SSSR count). The van der Waals surface area contributed by atoms with E-state index in [4.69, 9.17) is 4.74 Å². The molecule has 0 aromatic heterocycles. The molecule has 118 valence electrons. The number of β-amino-alcohol motifs (C(OH)–C–C–N with tert-alkyl or cyclic N) is 1. The Balaban J connectivity index is 1.94. The van der Waals surface area contributed by atoms with Gasteiger partial charge in [-0.25, -0.2) is 0 Å². The summed E-state index contributed by atoms with van der Waals surface area (Å²) in [6.45, 7) is 8.14. The van der Waals surface area contributed by atoms with Crippen LogP contribution in [0.5, 0.6) is 5.75 Å². The zero-order chi connectivity index (χ0) is 15.2. The molecule has 1 N–H and O–H groups in total. The van der Waals surface area contributed by atoms with Crippen molar-refractivity contribution in [2.75, 3.05) is 13.1 Å². The molecule has 0 amide bonds. The van der Waals surface area contributed by atoms with Gasteiger partial charge in [0.2, 0.25) is 0 Å². The lowest BCUT2D eigenvalue weighted by atomic mass is 10.1. The maximum absolute atomic E-state index is 10.5. The lowest BCUT2D eigenvalue weighted by Crippen LogP contribution is -2.36. The number of likely N-dealkylation sites (tertiary alicyclic amines) is 1. The highest BCUT2D eigenvalue weighted by Gasteiger charge is 2.20. The summed E-state index contributed by atoms with van der Waals surface area (Å²) < 4.78 is 5.64. The van der Waals surface area contributed by atoms with Crippen molar-refractivity contribution in [1.29, 1.82) is 0 Å². The molecule has 0 spiro atoms. The largest absolute Gasteiger partial charge is 0.491 e. The van der Waals surface area contributed by atoms with Crippen molar-refractivity contribution in [2.24, 2.45) is 0 Å². The van der Waals surface area contributed by atoms with E-state index >= 15 is 0 Å². The van der Waals surface area contributed by atoms with Crippen LogP contribution in [-0.2, 0) is 0 Å². The summed E-state index contributed by atoms with van der Waals surface area (Å²) in [6, 6.07) is 8.43. The highest BCUT2D eigenvalue weighted by Crippen LogP contribution is 2.23. The summed E-state index contributed by atoms with van der Waals surface area (Å²) in [7, 11) is 0. The van der Waals surface area contributed by atoms with Gasteiger partial charge in [-0.2, -0.15) is 0 Å². The Bertz CT molecular complexity index is 416. The molecule has 21 heavy (non-hydrogen) atoms. The number of benzene rings is 1. The van der Waals surface area contributed by atoms with E-state index in [9.17, 15) is 5.11 Å². The zero-order valence-electron chi connectivity index (χ0n) is 13.6. The first-order valence-corrected chi connectivity index (χ1v) is 8.25. The molecule has 1 aliphatic heterocycles. The molecule has 0 radical (unpaired) electrons. The van der Waals surface area contributed by atoms with Crippen molar-refractivity contribution < 1.29 is 9.84 Å². The Morgan fingerprint density at radius 3 is 2.57 bits per heavy atom. The van der Waals surface area contributed by atoms with Crippen LogP contribution in [-0.4, -0.2) is 35.2 Å². The summed E-state index contributed by atoms with van der Waals surface area (Å²) in [5, 5.41) is 10.5. The van der Waals surface area contributed by atoms with Crippen molar-refractivity contribution in [3.8, 4) is 5.75 Å². The van der Waals surface area contributed by atoms with Gasteiger partial charge >= 0.3 is 0 Å². The number of hydrogen-bond donors (Lipinski definition) is 1. The number of nitrogens with zero attached hydrogens (tertiary/aromatic N) is 1. The Hall–Kier alpha value is -1.06. The second-order valence-electron chi connectivity index (χ2n) is 6.44. The van der Waals surface area contributed by atoms with Gasteiger partial charge in [-0.15, -0.1) is 0 Å². The molecule has 1 heterocycles. The average Bonchev–Trinajstić information content (AvgIpc) is 2.64. The van der Waals surface area contributed by atoms with Crippen LogP contribution in [0, 0.1) is 0 Å². The Kier molecular flexibility index (Phi) is 6.07. The predicted octanol–water partition coefficient (Wildman–Crippen LogP) is 3.77. The zero-order valence-corrected chi connectivity index (χ0v) is 13.6. The summed E-state index contributed by atoms with van der Waals surface area (Å²) >= 11 is 0. The van der Waals surface area contributed by atoms with Crippen LogP contribution in [0.3, 0.4) is 0 Å². The molecule has 1 saturated heterocycles. The lowest BCUT2D eigenvalue weighted by molar-refractivity contribution is 0.0928. The number of aliphatic hydroxyl groups excluding tert-OH is 1. The molecule has 0 bridgehead atoms. The van der Waals surface area contributed by atoms with Crippen LogP contribution in [0.1, 0.15) is 58.1 Å². The van der Waals surface area contributed by atoms with Gasteiger partial charge in [0.15, 0.2) is 0 Å². The first-order chi connectivity index (χ1) is 10.1. The molecule has 2 unspecified atom stereocenters. The third kappa shape index (κ3) is 5.01. The molecular weight excluding hydrogens is 262 g/mol. The second kappa shape index (κ2) is 7.81. The van der Waals surface area contributed by atoms with E-state index in [1.54, 1.807) is 0 Å². The van der Waals surface area contributed by atoms with Crippen molar-refractivity contribution in [1.82, 2.24) is 4.90 Å². The number of aliphatic hydroxyl groups is 1. The Labute approximate surface area is 128 Å². The second-order valence-corrected chi connectivity index (χ2v) is 6.44. The van der Waals surface area contributed by atoms with Crippen molar-refractivity contribution >= 4 is 0 Å². The first-order valence-electron chi connectivity index (χ1n) is 8.25. The van der Waals surface area contributed by atoms with Gasteiger partial charge in [0.1, 0.15) is 5.75 Å². The minimum Gasteiger partial charge on any atom is -0.491 e. The number of hydrogen-bond acceptors (Lipinski definition) is 3. The quantitative estimate of drug-likeness (QED) is 0.896. The molecule has 1 aromatic carbocycles. The summed E-state index contributed by atoms with van der Waals surface area (Å²) in [5.41, 5.74) is 0.975. The normalized spacial score (nSPS) is 22.0. The lowest BCUT2D eigenvalue weighted by Gasteiger charge is -2.29. The maximum Gasteiger partial charge on any atom is 0.119 e. The highest BCUT2D eigenvalue weighted by molar-refractivity contribution is 5.28. The molecule has 3 heteroatoms. The molecule has 3 nitrogen and oxygen atoms in total. The van der Waals surface area contributed by atoms with Crippen LogP contribution in [0.2, 0.25) is 0 Å². The topological polar surface area (TPSA) is 32.7 Å². The highest BCUT2D eigenvalue weighted by atomic mass is 16.5. The molecule has 1 aliphatic rings. The smallest absolute Gasteiger partial charge is 0.119 e. The molecule has 0 aliphatic carbocycles. The number of rotatable bonds is 5. The van der Waals surface area contributed by atoms with Crippen LogP contribution < -0.4 is 4.74 Å². The van der Waals surface area contributed by atoms with Crippen molar-refractivity contribution in [3.63, 3.8) is 0 Å². The maximum atomic E-state index is 10.5. The minimum atomic E-state index is -0.418. The molecular formula is C18H29NO2. The third-order valence-corrected chi connectivity index (χ3v) is 4.23. The predicted molar refractivity (Wildman–Crippen MR) is 86.7 cm³/mol. The monoisotopic (exact) mass is 291 g/mol. The fraction of sp³-hybridized carbons (Fsp3) is 0.667. The van der Waals surface area contributed by atoms with E-state index in [0.29, 0.717) is 6.04 Å². The molecule has 1 fully saturated rings. The van der Waals surface area contributed by atoms with Gasteiger partial charge in [0.25, 0.3) is 0 Å². The Morgan fingerprint density at radius 2 is 1.90 bits per heavy atom. The summed E-state index contributed by atoms with van der Waals surface area (Å²) in [5.74, 6) is 0.865. The van der Waals surface area contributed by atoms with E-state index in [1.807, 2.05) is 38.1 Å². The molecule has 2 atom stereocenters. The van der Waals surface area contributed by atoms with Crippen LogP contribution in [0.25, 0.3) is 0 Å². The minimum absolute atomic E-state index is 0.179. The van der Waals surface area contributed by atoms with Crippen LogP contribution >= 0.6 is 0 Å². The van der Waals surface area contributed by atoms with E-state index in [1.165, 1.54) is 25.7 Å². The summed E-state index contributed by atoms with van der Waals surface area (Å²) in [6.07, 6.45) is 4.89.